The van der Waals surface area contributed by atoms with Gasteiger partial charge in [-0.2, -0.15) is 5.10 Å². The zero-order valence-corrected chi connectivity index (χ0v) is 18.2. The molecule has 3 aromatic carbocycles. The average molecular weight is 448 g/mol. The maximum absolute atomic E-state index is 13.5. The summed E-state index contributed by atoms with van der Waals surface area (Å²) in [5.41, 5.74) is 2.67. The van der Waals surface area contributed by atoms with E-state index in [9.17, 15) is 14.0 Å². The number of aryl methyl sites for hydroxylation is 2. The molecule has 0 saturated heterocycles. The molecule has 0 aliphatic heterocycles. The van der Waals surface area contributed by atoms with E-state index < -0.39 is 11.7 Å². The van der Waals surface area contributed by atoms with E-state index in [2.05, 4.69) is 10.4 Å². The molecule has 0 spiro atoms. The molecule has 0 aliphatic carbocycles. The van der Waals surface area contributed by atoms with Crippen LogP contribution in [0.1, 0.15) is 21.6 Å². The Hall–Kier alpha value is -3.77. The molecule has 0 atom stereocenters. The minimum atomic E-state index is -0.408. The molecule has 1 aromatic heterocycles. The first-order valence-corrected chi connectivity index (χ1v) is 10.2. The number of aromatic nitrogens is 2. The summed E-state index contributed by atoms with van der Waals surface area (Å²) in [5.74, 6) is -0.629. The maximum Gasteiger partial charge on any atom is 0.256 e. The first kappa shape index (κ1) is 21.5. The van der Waals surface area contributed by atoms with E-state index in [0.717, 1.165) is 5.56 Å². The molecule has 160 valence electrons. The Labute approximate surface area is 189 Å². The van der Waals surface area contributed by atoms with Crippen LogP contribution in [-0.2, 0) is 0 Å². The predicted molar refractivity (Wildman–Crippen MR) is 124 cm³/mol. The van der Waals surface area contributed by atoms with Crippen LogP contribution in [0.4, 0.5) is 10.2 Å². The van der Waals surface area contributed by atoms with Crippen molar-refractivity contribution in [2.75, 3.05) is 5.32 Å². The van der Waals surface area contributed by atoms with E-state index in [-0.39, 0.29) is 22.5 Å². The summed E-state index contributed by atoms with van der Waals surface area (Å²) in [6, 6.07) is 19.4. The number of nitrogens with one attached hydrogen (secondary N) is 1. The van der Waals surface area contributed by atoms with Gasteiger partial charge < -0.3 is 5.32 Å². The van der Waals surface area contributed by atoms with Crippen molar-refractivity contribution in [1.82, 2.24) is 9.78 Å². The number of carbonyl (C=O) groups is 1. The van der Waals surface area contributed by atoms with Crippen LogP contribution in [-0.4, -0.2) is 15.7 Å². The van der Waals surface area contributed by atoms with Gasteiger partial charge in [0.2, 0.25) is 5.43 Å². The van der Waals surface area contributed by atoms with Gasteiger partial charge in [-0.05, 0) is 67.9 Å². The fourth-order valence-electron chi connectivity index (χ4n) is 3.29. The number of anilines is 1. The highest BCUT2D eigenvalue weighted by Crippen LogP contribution is 2.28. The van der Waals surface area contributed by atoms with E-state index in [1.165, 1.54) is 28.9 Å². The van der Waals surface area contributed by atoms with Crippen molar-refractivity contribution in [2.24, 2.45) is 0 Å². The molecule has 1 heterocycles. The van der Waals surface area contributed by atoms with Gasteiger partial charge in [0.15, 0.2) is 0 Å². The molecule has 1 amide bonds. The minimum absolute atomic E-state index is 0.181. The Morgan fingerprint density at radius 2 is 1.56 bits per heavy atom. The van der Waals surface area contributed by atoms with Crippen molar-refractivity contribution < 1.29 is 9.18 Å². The van der Waals surface area contributed by atoms with Gasteiger partial charge in [-0.3, -0.25) is 9.59 Å². The number of nitrogens with zero attached hydrogens (tertiary/aromatic N) is 2. The van der Waals surface area contributed by atoms with Gasteiger partial charge in [0, 0.05) is 10.6 Å². The Morgan fingerprint density at radius 1 is 0.938 bits per heavy atom. The molecular weight excluding hydrogens is 429 g/mol. The fourth-order valence-corrected chi connectivity index (χ4v) is 3.42. The second kappa shape index (κ2) is 8.77. The molecule has 0 radical (unpaired) electrons. The molecule has 7 heteroatoms. The van der Waals surface area contributed by atoms with Crippen LogP contribution in [0.15, 0.2) is 77.6 Å². The number of carbonyl (C=O) groups excluding carboxylic acids is 1. The Balaban J connectivity index is 1.94. The third-order valence-electron chi connectivity index (χ3n) is 5.00. The van der Waals surface area contributed by atoms with Crippen molar-refractivity contribution in [3.8, 4) is 16.8 Å². The lowest BCUT2D eigenvalue weighted by Gasteiger charge is -2.18. The van der Waals surface area contributed by atoms with E-state index in [1.807, 2.05) is 19.1 Å². The van der Waals surface area contributed by atoms with Crippen molar-refractivity contribution in [2.45, 2.75) is 13.8 Å². The highest BCUT2D eigenvalue weighted by molar-refractivity contribution is 6.30. The highest BCUT2D eigenvalue weighted by Gasteiger charge is 2.21. The van der Waals surface area contributed by atoms with Gasteiger partial charge in [-0.15, -0.1) is 0 Å². The zero-order chi connectivity index (χ0) is 22.8. The minimum Gasteiger partial charge on any atom is -0.306 e. The summed E-state index contributed by atoms with van der Waals surface area (Å²) in [4.78, 5) is 26.2. The Morgan fingerprint density at radius 3 is 2.19 bits per heavy atom. The summed E-state index contributed by atoms with van der Waals surface area (Å²) in [6.45, 7) is 3.52. The summed E-state index contributed by atoms with van der Waals surface area (Å²) >= 11 is 6.03. The van der Waals surface area contributed by atoms with Crippen molar-refractivity contribution in [3.63, 3.8) is 0 Å². The average Bonchev–Trinajstić information content (AvgIpc) is 2.78. The van der Waals surface area contributed by atoms with Crippen LogP contribution in [0.5, 0.6) is 0 Å². The standard InChI is InChI=1S/C25H19ClFN3O2/c1-15-3-5-18(6-4-15)25(32)28-24-22(17-7-9-19(26)10-8-17)23(31)16(2)29-30(24)21-13-11-20(27)12-14-21/h3-14H,1-2H3,(H,28,32). The first-order valence-electron chi connectivity index (χ1n) is 9.87. The molecule has 4 aromatic rings. The fraction of sp³-hybridized carbons (Fsp3) is 0.0800. The third-order valence-corrected chi connectivity index (χ3v) is 5.26. The van der Waals surface area contributed by atoms with Gasteiger partial charge >= 0.3 is 0 Å². The Kier molecular flexibility index (Phi) is 5.88. The molecule has 0 saturated carbocycles. The predicted octanol–water partition coefficient (Wildman–Crippen LogP) is 5.56. The van der Waals surface area contributed by atoms with Crippen molar-refractivity contribution in [3.05, 3.63) is 111 Å². The van der Waals surface area contributed by atoms with Gasteiger partial charge in [-0.1, -0.05) is 41.4 Å². The summed E-state index contributed by atoms with van der Waals surface area (Å²) in [7, 11) is 0. The first-order chi connectivity index (χ1) is 15.3. The molecule has 32 heavy (non-hydrogen) atoms. The molecule has 5 nitrogen and oxygen atoms in total. The lowest BCUT2D eigenvalue weighted by molar-refractivity contribution is 0.102. The third kappa shape index (κ3) is 4.31. The smallest absolute Gasteiger partial charge is 0.256 e. The van der Waals surface area contributed by atoms with Crippen LogP contribution in [0.3, 0.4) is 0 Å². The number of halogens is 2. The summed E-state index contributed by atoms with van der Waals surface area (Å²) < 4.78 is 15.0. The zero-order valence-electron chi connectivity index (χ0n) is 17.4. The SMILES string of the molecule is Cc1ccc(C(=O)Nc2c(-c3ccc(Cl)cc3)c(=O)c(C)nn2-c2ccc(F)cc2)cc1. The maximum atomic E-state index is 13.5. The summed E-state index contributed by atoms with van der Waals surface area (Å²) in [6.07, 6.45) is 0. The van der Waals surface area contributed by atoms with Crippen LogP contribution < -0.4 is 10.7 Å². The normalized spacial score (nSPS) is 10.8. The van der Waals surface area contributed by atoms with Gasteiger partial charge in [-0.25, -0.2) is 9.07 Å². The topological polar surface area (TPSA) is 64.0 Å². The molecular formula is C25H19ClFN3O2. The van der Waals surface area contributed by atoms with Crippen LogP contribution >= 0.6 is 11.6 Å². The second-order valence-electron chi connectivity index (χ2n) is 7.35. The molecule has 4 rings (SSSR count). The monoisotopic (exact) mass is 447 g/mol. The quantitative estimate of drug-likeness (QED) is 0.445. The van der Waals surface area contributed by atoms with Crippen molar-refractivity contribution >= 4 is 23.3 Å². The van der Waals surface area contributed by atoms with Gasteiger partial charge in [0.05, 0.1) is 11.3 Å². The number of hydrogen-bond donors (Lipinski definition) is 1. The number of benzene rings is 3. The van der Waals surface area contributed by atoms with E-state index >= 15 is 0 Å². The number of rotatable bonds is 4. The Bertz CT molecular complexity index is 1350. The van der Waals surface area contributed by atoms with E-state index in [0.29, 0.717) is 21.8 Å². The molecule has 1 N–H and O–H groups in total. The van der Waals surface area contributed by atoms with Crippen LogP contribution in [0.2, 0.25) is 5.02 Å². The molecule has 0 bridgehead atoms. The van der Waals surface area contributed by atoms with Gasteiger partial charge in [0.25, 0.3) is 5.91 Å². The van der Waals surface area contributed by atoms with Crippen LogP contribution in [0, 0.1) is 19.7 Å². The highest BCUT2D eigenvalue weighted by atomic mass is 35.5. The largest absolute Gasteiger partial charge is 0.306 e. The number of amides is 1. The molecule has 0 unspecified atom stereocenters. The van der Waals surface area contributed by atoms with Crippen LogP contribution in [0.25, 0.3) is 16.8 Å². The lowest BCUT2D eigenvalue weighted by Crippen LogP contribution is -2.25. The lowest BCUT2D eigenvalue weighted by atomic mass is 10.0. The van der Waals surface area contributed by atoms with Crippen molar-refractivity contribution in [1.29, 1.82) is 0 Å². The summed E-state index contributed by atoms with van der Waals surface area (Å²) in [5, 5.41) is 7.74. The van der Waals surface area contributed by atoms with Gasteiger partial charge in [0.1, 0.15) is 17.3 Å². The van der Waals surface area contributed by atoms with E-state index in [1.54, 1.807) is 43.3 Å². The molecule has 0 aliphatic rings. The second-order valence-corrected chi connectivity index (χ2v) is 7.79. The number of hydrogen-bond acceptors (Lipinski definition) is 3. The molecule has 0 fully saturated rings. The van der Waals surface area contributed by atoms with E-state index in [4.69, 9.17) is 11.6 Å².